The number of amides is 1. The Balaban J connectivity index is 1.50. The molecule has 0 radical (unpaired) electrons. The summed E-state index contributed by atoms with van der Waals surface area (Å²) in [6, 6.07) is 13.9. The summed E-state index contributed by atoms with van der Waals surface area (Å²) in [6.45, 7) is 20.3. The molecule has 1 aliphatic heterocycles. The minimum absolute atomic E-state index is 0.0225. The number of rotatable bonds is 9. The molecule has 0 saturated carbocycles. The summed E-state index contributed by atoms with van der Waals surface area (Å²) >= 11 is 1.22. The Kier molecular flexibility index (Phi) is 9.66. The van der Waals surface area contributed by atoms with E-state index in [-0.39, 0.29) is 22.9 Å². The zero-order valence-corrected chi connectivity index (χ0v) is 27.4. The minimum atomic E-state index is -0.175. The van der Waals surface area contributed by atoms with E-state index in [0.717, 1.165) is 48.0 Å². The summed E-state index contributed by atoms with van der Waals surface area (Å²) in [7, 11) is 0. The number of nitrogens with one attached hydrogen (secondary N) is 2. The van der Waals surface area contributed by atoms with Crippen LogP contribution in [0.1, 0.15) is 109 Å². The predicted octanol–water partition coefficient (Wildman–Crippen LogP) is 8.22. The normalized spacial score (nSPS) is 17.1. The van der Waals surface area contributed by atoms with Gasteiger partial charge in [0.1, 0.15) is 16.7 Å². The molecule has 1 saturated heterocycles. The first-order valence-corrected chi connectivity index (χ1v) is 15.7. The molecule has 0 bridgehead atoms. The van der Waals surface area contributed by atoms with Crippen LogP contribution in [0.25, 0.3) is 6.08 Å². The maximum atomic E-state index is 13.6. The van der Waals surface area contributed by atoms with Crippen molar-refractivity contribution in [2.24, 2.45) is 5.92 Å². The van der Waals surface area contributed by atoms with Crippen LogP contribution in [0.15, 0.2) is 59.3 Å². The van der Waals surface area contributed by atoms with Crippen LogP contribution in [0.4, 0.5) is 11.6 Å². The number of nitrogens with zero attached hydrogens (tertiary/aromatic N) is 4. The average molecular weight is 587 g/mol. The van der Waals surface area contributed by atoms with E-state index in [9.17, 15) is 4.79 Å². The molecule has 2 unspecified atom stereocenters. The maximum absolute atomic E-state index is 13.6. The monoisotopic (exact) mass is 586 g/mol. The van der Waals surface area contributed by atoms with Crippen LogP contribution in [0.5, 0.6) is 0 Å². The van der Waals surface area contributed by atoms with E-state index in [1.165, 1.54) is 17.5 Å². The van der Waals surface area contributed by atoms with Gasteiger partial charge in [0.2, 0.25) is 0 Å². The summed E-state index contributed by atoms with van der Waals surface area (Å²) in [4.78, 5) is 30.4. The van der Waals surface area contributed by atoms with E-state index in [4.69, 9.17) is 9.97 Å². The highest BCUT2D eigenvalue weighted by Gasteiger charge is 2.39. The third-order valence-corrected chi connectivity index (χ3v) is 8.26. The number of hydrogen-bond donors (Lipinski definition) is 2. The Bertz CT molecular complexity index is 1420. The Morgan fingerprint density at radius 2 is 1.90 bits per heavy atom. The lowest BCUT2D eigenvalue weighted by atomic mass is 9.91. The van der Waals surface area contributed by atoms with E-state index in [2.05, 4.69) is 100 Å². The van der Waals surface area contributed by atoms with E-state index in [1.807, 2.05) is 36.5 Å². The van der Waals surface area contributed by atoms with E-state index < -0.39 is 0 Å². The average Bonchev–Trinajstić information content (AvgIpc) is 3.21. The summed E-state index contributed by atoms with van der Waals surface area (Å²) in [5.41, 5.74) is 4.66. The number of aromatic nitrogens is 3. The predicted molar refractivity (Wildman–Crippen MR) is 176 cm³/mol. The number of allylic oxidation sites excluding steroid dienone is 1. The van der Waals surface area contributed by atoms with Gasteiger partial charge in [-0.2, -0.15) is 0 Å². The van der Waals surface area contributed by atoms with Gasteiger partial charge < -0.3 is 10.2 Å². The second kappa shape index (κ2) is 12.9. The molecule has 1 fully saturated rings. The molecule has 42 heavy (non-hydrogen) atoms. The molecular formula is C34H46N6OS. The number of carbonyl (C=O) groups is 1. The molecule has 4 heterocycles. The van der Waals surface area contributed by atoms with Gasteiger partial charge in [-0.3, -0.25) is 14.5 Å². The lowest BCUT2D eigenvalue weighted by Gasteiger charge is -2.34. The van der Waals surface area contributed by atoms with Gasteiger partial charge in [-0.1, -0.05) is 58.4 Å². The quantitative estimate of drug-likeness (QED) is 0.244. The third-order valence-electron chi connectivity index (χ3n) is 7.54. The zero-order chi connectivity index (χ0) is 30.7. The molecule has 2 N–H and O–H groups in total. The van der Waals surface area contributed by atoms with Gasteiger partial charge in [-0.15, -0.1) is 0 Å². The molecule has 3 aromatic heterocycles. The van der Waals surface area contributed by atoms with Gasteiger partial charge >= 0.3 is 0 Å². The molecule has 0 spiro atoms. The Morgan fingerprint density at radius 3 is 2.50 bits per heavy atom. The van der Waals surface area contributed by atoms with Gasteiger partial charge in [-0.25, -0.2) is 9.97 Å². The van der Waals surface area contributed by atoms with Crippen molar-refractivity contribution in [1.82, 2.24) is 19.7 Å². The fourth-order valence-electron chi connectivity index (χ4n) is 5.52. The van der Waals surface area contributed by atoms with Crippen LogP contribution in [-0.2, 0) is 5.41 Å². The highest BCUT2D eigenvalue weighted by atomic mass is 32.2. The molecule has 4 rings (SSSR count). The van der Waals surface area contributed by atoms with Crippen LogP contribution < -0.4 is 14.9 Å². The molecule has 224 valence electrons. The molecular weight excluding hydrogens is 540 g/mol. The summed E-state index contributed by atoms with van der Waals surface area (Å²) in [5, 5.41) is 4.21. The number of anilines is 2. The molecule has 0 aliphatic carbocycles. The highest BCUT2D eigenvalue weighted by Crippen LogP contribution is 2.38. The lowest BCUT2D eigenvalue weighted by Crippen LogP contribution is -2.40. The van der Waals surface area contributed by atoms with Crippen molar-refractivity contribution >= 4 is 35.6 Å². The Morgan fingerprint density at radius 1 is 1.14 bits per heavy atom. The fourth-order valence-corrected chi connectivity index (χ4v) is 6.12. The first kappa shape index (κ1) is 31.5. The molecule has 8 heteroatoms. The van der Waals surface area contributed by atoms with E-state index in [1.54, 1.807) is 0 Å². The lowest BCUT2D eigenvalue weighted by molar-refractivity contribution is 0.0984. The largest absolute Gasteiger partial charge is 0.362 e. The van der Waals surface area contributed by atoms with Gasteiger partial charge in [0.25, 0.3) is 5.91 Å². The Labute approximate surface area is 256 Å². The standard InChI is InChI=1S/C34H46N6OS/c1-10-26(27-16-14-24(20-35-27)18-22(2)3)36-29-12-11-13-30(38-29)42-39-32(41)25-15-17-28(33(5,6)7)37-31(25)40-21-23(4)19-34(40,8)9/h11-18,20,23,26H,10,19,21H2,1-9H3,(H,36,38)(H,39,41). The number of hydrogen-bond acceptors (Lipinski definition) is 7. The van der Waals surface area contributed by atoms with Gasteiger partial charge in [0.05, 0.1) is 17.3 Å². The fraction of sp³-hybridized carbons (Fsp3) is 0.471. The van der Waals surface area contributed by atoms with Crippen molar-refractivity contribution in [1.29, 1.82) is 0 Å². The van der Waals surface area contributed by atoms with Crippen molar-refractivity contribution in [3.05, 3.63) is 76.7 Å². The van der Waals surface area contributed by atoms with Gasteiger partial charge in [-0.05, 0) is 82.3 Å². The summed E-state index contributed by atoms with van der Waals surface area (Å²) in [6.07, 6.45) is 5.94. The molecule has 1 aliphatic rings. The zero-order valence-electron chi connectivity index (χ0n) is 26.6. The minimum Gasteiger partial charge on any atom is -0.362 e. The summed E-state index contributed by atoms with van der Waals surface area (Å²) < 4.78 is 3.03. The van der Waals surface area contributed by atoms with Crippen LogP contribution in [0, 0.1) is 5.92 Å². The van der Waals surface area contributed by atoms with Crippen molar-refractivity contribution < 1.29 is 4.79 Å². The van der Waals surface area contributed by atoms with Crippen molar-refractivity contribution in [3.8, 4) is 0 Å². The van der Waals surface area contributed by atoms with E-state index >= 15 is 0 Å². The van der Waals surface area contributed by atoms with Crippen LogP contribution in [-0.4, -0.2) is 32.9 Å². The number of carbonyl (C=O) groups excluding carboxylic acids is 1. The van der Waals surface area contributed by atoms with Crippen LogP contribution in [0.3, 0.4) is 0 Å². The third kappa shape index (κ3) is 7.71. The Hall–Kier alpha value is -3.39. The maximum Gasteiger partial charge on any atom is 0.265 e. The molecule has 0 aromatic carbocycles. The van der Waals surface area contributed by atoms with E-state index in [0.29, 0.717) is 16.5 Å². The van der Waals surface area contributed by atoms with Gasteiger partial charge in [0.15, 0.2) is 0 Å². The molecule has 1 amide bonds. The van der Waals surface area contributed by atoms with Crippen LogP contribution >= 0.6 is 11.9 Å². The topological polar surface area (TPSA) is 83.0 Å². The highest BCUT2D eigenvalue weighted by molar-refractivity contribution is 7.97. The molecule has 2 atom stereocenters. The second-order valence-electron chi connectivity index (χ2n) is 13.3. The van der Waals surface area contributed by atoms with Gasteiger partial charge in [0, 0.05) is 41.3 Å². The first-order valence-electron chi connectivity index (χ1n) is 14.9. The smallest absolute Gasteiger partial charge is 0.265 e. The second-order valence-corrected chi connectivity index (χ2v) is 14.1. The van der Waals surface area contributed by atoms with Crippen LogP contribution in [0.2, 0.25) is 0 Å². The molecule has 3 aromatic rings. The SMILES string of the molecule is CCC(Nc1cccc(SNC(=O)c2ccc(C(C)(C)C)nc2N2CC(C)CC2(C)C)n1)c1ccc(C=C(C)C)cn1. The van der Waals surface area contributed by atoms with Crippen molar-refractivity contribution in [2.45, 2.75) is 97.2 Å². The first-order chi connectivity index (χ1) is 19.8. The molecule has 7 nitrogen and oxygen atoms in total. The van der Waals surface area contributed by atoms with Crippen molar-refractivity contribution in [2.75, 3.05) is 16.8 Å². The van der Waals surface area contributed by atoms with Crippen molar-refractivity contribution in [3.63, 3.8) is 0 Å². The summed E-state index contributed by atoms with van der Waals surface area (Å²) in [5.74, 6) is 1.85. The number of pyridine rings is 3.